The van der Waals surface area contributed by atoms with Crippen LogP contribution >= 0.6 is 0 Å². The summed E-state index contributed by atoms with van der Waals surface area (Å²) in [7, 11) is 0. The maximum absolute atomic E-state index is 5.20. The number of rotatable bonds is 7. The Bertz CT molecular complexity index is 3420. The van der Waals surface area contributed by atoms with Gasteiger partial charge in [-0.25, -0.2) is 15.0 Å². The van der Waals surface area contributed by atoms with Crippen molar-refractivity contribution in [3.05, 3.63) is 253 Å². The highest BCUT2D eigenvalue weighted by Crippen LogP contribution is 2.56. The number of benzene rings is 9. The molecular formula is C58H38N4. The van der Waals surface area contributed by atoms with E-state index in [4.69, 9.17) is 15.0 Å². The first-order valence-corrected chi connectivity index (χ1v) is 21.1. The molecule has 11 aromatic rings. The average Bonchev–Trinajstić information content (AvgIpc) is 3.85. The predicted molar refractivity (Wildman–Crippen MR) is 253 cm³/mol. The summed E-state index contributed by atoms with van der Waals surface area (Å²) in [6.45, 7) is 0. The number of hydrogen-bond donors (Lipinski definition) is 0. The Morgan fingerprint density at radius 3 is 1.50 bits per heavy atom. The molecule has 0 fully saturated rings. The van der Waals surface area contributed by atoms with Crippen LogP contribution in [0.3, 0.4) is 0 Å². The van der Waals surface area contributed by atoms with Crippen LogP contribution in [0, 0.1) is 0 Å². The summed E-state index contributed by atoms with van der Waals surface area (Å²) in [6, 6.07) is 82.4. The van der Waals surface area contributed by atoms with Crippen LogP contribution in [0.5, 0.6) is 0 Å². The summed E-state index contributed by atoms with van der Waals surface area (Å²) >= 11 is 0. The largest absolute Gasteiger partial charge is 0.309 e. The fourth-order valence-electron chi connectivity index (χ4n) is 9.80. The van der Waals surface area contributed by atoms with Gasteiger partial charge in [0, 0.05) is 33.2 Å². The minimum atomic E-state index is -0.515. The molecule has 0 aliphatic heterocycles. The van der Waals surface area contributed by atoms with E-state index in [0.29, 0.717) is 17.5 Å². The molecule has 62 heavy (non-hydrogen) atoms. The predicted octanol–water partition coefficient (Wildman–Crippen LogP) is 14.0. The summed E-state index contributed by atoms with van der Waals surface area (Å²) in [5, 5.41) is 2.40. The number of hydrogen-bond acceptors (Lipinski definition) is 3. The SMILES string of the molecule is c1ccc(-c2cccc(-c3nc(-c4ccccc4)nc(-c4cccc(-n5c6ccccc6c6ccc(C7(c8ccccc8)c8ccccc8-c8ccccc87)cc65)c4)n3)c2)cc1. The molecule has 12 rings (SSSR count). The van der Waals surface area contributed by atoms with Gasteiger partial charge in [0.15, 0.2) is 17.5 Å². The first-order chi connectivity index (χ1) is 30.7. The van der Waals surface area contributed by atoms with E-state index >= 15 is 0 Å². The molecule has 1 aliphatic rings. The van der Waals surface area contributed by atoms with Crippen molar-refractivity contribution >= 4 is 21.8 Å². The van der Waals surface area contributed by atoms with Crippen molar-refractivity contribution in [1.29, 1.82) is 0 Å². The van der Waals surface area contributed by atoms with Crippen molar-refractivity contribution < 1.29 is 0 Å². The van der Waals surface area contributed by atoms with E-state index < -0.39 is 5.41 Å². The fourth-order valence-corrected chi connectivity index (χ4v) is 9.80. The van der Waals surface area contributed by atoms with E-state index in [1.807, 2.05) is 24.3 Å². The normalized spacial score (nSPS) is 12.6. The second-order valence-electron chi connectivity index (χ2n) is 16.0. The Hall–Kier alpha value is -8.21. The molecule has 0 amide bonds. The van der Waals surface area contributed by atoms with Crippen molar-refractivity contribution in [3.63, 3.8) is 0 Å². The standard InChI is InChI=1S/C58H38N4/c1-4-18-39(19-5-1)41-22-16-23-42(36-41)56-59-55(40-20-6-2-7-21-40)60-57(61-56)43-24-17-27-46(37-43)62-53-33-15-12-30-49(53)50-35-34-45(38-54(50)62)58(44-25-8-3-9-26-44)51-31-13-10-28-47(51)48-29-11-14-32-52(48)58/h1-38H. The molecule has 9 aromatic carbocycles. The van der Waals surface area contributed by atoms with Crippen LogP contribution in [0.1, 0.15) is 22.3 Å². The van der Waals surface area contributed by atoms with Crippen molar-refractivity contribution in [2.24, 2.45) is 0 Å². The lowest BCUT2D eigenvalue weighted by atomic mass is 9.67. The van der Waals surface area contributed by atoms with Crippen LogP contribution in [-0.4, -0.2) is 19.5 Å². The summed E-state index contributed by atoms with van der Waals surface area (Å²) in [6.07, 6.45) is 0. The van der Waals surface area contributed by atoms with Gasteiger partial charge < -0.3 is 4.57 Å². The van der Waals surface area contributed by atoms with Crippen molar-refractivity contribution in [2.45, 2.75) is 5.41 Å². The van der Waals surface area contributed by atoms with Gasteiger partial charge >= 0.3 is 0 Å². The molecule has 4 heteroatoms. The van der Waals surface area contributed by atoms with Crippen LogP contribution < -0.4 is 0 Å². The first kappa shape index (κ1) is 35.7. The zero-order valence-electron chi connectivity index (χ0n) is 33.7. The molecule has 0 radical (unpaired) electrons. The Morgan fingerprint density at radius 2 is 0.806 bits per heavy atom. The molecule has 0 bridgehead atoms. The third kappa shape index (κ3) is 5.65. The van der Waals surface area contributed by atoms with Crippen molar-refractivity contribution in [3.8, 4) is 62.1 Å². The van der Waals surface area contributed by atoms with Gasteiger partial charge in [0.2, 0.25) is 0 Å². The maximum atomic E-state index is 5.20. The van der Waals surface area contributed by atoms with E-state index in [2.05, 4.69) is 211 Å². The number of para-hydroxylation sites is 1. The smallest absolute Gasteiger partial charge is 0.164 e. The monoisotopic (exact) mass is 790 g/mol. The van der Waals surface area contributed by atoms with Crippen LogP contribution in [0.15, 0.2) is 231 Å². The lowest BCUT2D eigenvalue weighted by molar-refractivity contribution is 0.769. The average molecular weight is 791 g/mol. The summed E-state index contributed by atoms with van der Waals surface area (Å²) in [5.41, 5.74) is 15.4. The highest BCUT2D eigenvalue weighted by molar-refractivity contribution is 6.09. The molecule has 4 nitrogen and oxygen atoms in total. The second-order valence-corrected chi connectivity index (χ2v) is 16.0. The summed E-state index contributed by atoms with van der Waals surface area (Å²) in [5.74, 6) is 1.87. The zero-order chi connectivity index (χ0) is 41.0. The fraction of sp³-hybridized carbons (Fsp3) is 0.0172. The van der Waals surface area contributed by atoms with Gasteiger partial charge in [0.05, 0.1) is 16.4 Å². The molecular weight excluding hydrogens is 753 g/mol. The zero-order valence-corrected chi connectivity index (χ0v) is 33.7. The summed E-state index contributed by atoms with van der Waals surface area (Å²) < 4.78 is 2.41. The molecule has 0 spiro atoms. The van der Waals surface area contributed by atoms with E-state index in [1.54, 1.807) is 0 Å². The van der Waals surface area contributed by atoms with Gasteiger partial charge in [0.1, 0.15) is 0 Å². The van der Waals surface area contributed by atoms with Gasteiger partial charge in [-0.2, -0.15) is 0 Å². The molecule has 2 heterocycles. The number of aromatic nitrogens is 4. The minimum Gasteiger partial charge on any atom is -0.309 e. The van der Waals surface area contributed by atoms with Crippen LogP contribution in [0.2, 0.25) is 0 Å². The van der Waals surface area contributed by atoms with Gasteiger partial charge in [-0.1, -0.05) is 200 Å². The molecule has 0 unspecified atom stereocenters. The van der Waals surface area contributed by atoms with Crippen molar-refractivity contribution in [2.75, 3.05) is 0 Å². The van der Waals surface area contributed by atoms with Crippen LogP contribution in [0.4, 0.5) is 0 Å². The number of fused-ring (bicyclic) bond motifs is 6. The minimum absolute atomic E-state index is 0.515. The van der Waals surface area contributed by atoms with E-state index in [0.717, 1.165) is 44.5 Å². The van der Waals surface area contributed by atoms with Gasteiger partial charge in [-0.05, 0) is 74.8 Å². The van der Waals surface area contributed by atoms with Gasteiger partial charge in [-0.15, -0.1) is 0 Å². The molecule has 1 aliphatic carbocycles. The molecule has 0 atom stereocenters. The number of nitrogens with zero attached hydrogens (tertiary/aromatic N) is 4. The topological polar surface area (TPSA) is 43.6 Å². The van der Waals surface area contributed by atoms with Gasteiger partial charge in [-0.3, -0.25) is 0 Å². The third-order valence-electron chi connectivity index (χ3n) is 12.5. The first-order valence-electron chi connectivity index (χ1n) is 21.1. The lowest BCUT2D eigenvalue weighted by Gasteiger charge is -2.34. The Balaban J connectivity index is 1.06. The van der Waals surface area contributed by atoms with Crippen LogP contribution in [0.25, 0.3) is 83.9 Å². The third-order valence-corrected chi connectivity index (χ3v) is 12.5. The Kier molecular flexibility index (Phi) is 8.36. The molecule has 0 N–H and O–H groups in total. The molecule has 0 saturated carbocycles. The van der Waals surface area contributed by atoms with E-state index in [1.165, 1.54) is 44.2 Å². The highest BCUT2D eigenvalue weighted by atomic mass is 15.0. The molecule has 0 saturated heterocycles. The van der Waals surface area contributed by atoms with Gasteiger partial charge in [0.25, 0.3) is 0 Å². The molecule has 2 aromatic heterocycles. The second kappa shape index (κ2) is 14.5. The lowest BCUT2D eigenvalue weighted by Crippen LogP contribution is -2.28. The highest BCUT2D eigenvalue weighted by Gasteiger charge is 2.46. The maximum Gasteiger partial charge on any atom is 0.164 e. The van der Waals surface area contributed by atoms with E-state index in [9.17, 15) is 0 Å². The Labute approximate surface area is 360 Å². The Morgan fingerprint density at radius 1 is 0.306 bits per heavy atom. The van der Waals surface area contributed by atoms with Crippen LogP contribution in [-0.2, 0) is 5.41 Å². The summed E-state index contributed by atoms with van der Waals surface area (Å²) in [4.78, 5) is 15.4. The quantitative estimate of drug-likeness (QED) is 0.161. The van der Waals surface area contributed by atoms with Crippen molar-refractivity contribution in [1.82, 2.24) is 19.5 Å². The molecule has 290 valence electrons. The van der Waals surface area contributed by atoms with E-state index in [-0.39, 0.29) is 0 Å².